The van der Waals surface area contributed by atoms with Crippen molar-refractivity contribution in [2.45, 2.75) is 58.7 Å². The minimum atomic E-state index is -0.851. The Morgan fingerprint density at radius 2 is 2.03 bits per heavy atom. The monoisotopic (exact) mass is 474 g/mol. The molecule has 0 saturated carbocycles. The lowest BCUT2D eigenvalue weighted by molar-refractivity contribution is -0.137. The molecule has 34 heavy (non-hydrogen) atoms. The van der Waals surface area contributed by atoms with Crippen molar-refractivity contribution in [3.63, 3.8) is 0 Å². The molecule has 1 atom stereocenters. The molecule has 0 unspecified atom stereocenters. The van der Waals surface area contributed by atoms with Gasteiger partial charge >= 0.3 is 5.97 Å². The summed E-state index contributed by atoms with van der Waals surface area (Å²) in [5, 5.41) is 10.4. The van der Waals surface area contributed by atoms with Gasteiger partial charge in [0.05, 0.1) is 23.0 Å². The van der Waals surface area contributed by atoms with Gasteiger partial charge in [0.1, 0.15) is 12.4 Å². The first-order chi connectivity index (χ1) is 16.5. The number of carboxylic acids is 1. The third kappa shape index (κ3) is 6.25. The molecule has 0 fully saturated rings. The maximum Gasteiger partial charge on any atom is 0.304 e. The maximum absolute atomic E-state index is 11.1. The van der Waals surface area contributed by atoms with E-state index in [9.17, 15) is 4.79 Å². The molecule has 0 spiro atoms. The quantitative estimate of drug-likeness (QED) is 0.419. The SMILES string of the molecule is CC#C[C@H](CC(=O)O)c1ccc(OCc2cccc(CN3CCc4nc(CC)sc4C3)c2)cc1. The summed E-state index contributed by atoms with van der Waals surface area (Å²) in [6.07, 6.45) is 2.04. The van der Waals surface area contributed by atoms with Crippen LogP contribution in [-0.2, 0) is 37.3 Å². The third-order valence-electron chi connectivity index (χ3n) is 5.94. The maximum atomic E-state index is 11.1. The van der Waals surface area contributed by atoms with Crippen LogP contribution in [0.2, 0.25) is 0 Å². The number of carboxylic acid groups (broad SMARTS) is 1. The van der Waals surface area contributed by atoms with Crippen LogP contribution in [0.25, 0.3) is 0 Å². The first-order valence-corrected chi connectivity index (χ1v) is 12.5. The smallest absolute Gasteiger partial charge is 0.304 e. The Hall–Kier alpha value is -3.14. The van der Waals surface area contributed by atoms with E-state index < -0.39 is 5.97 Å². The fraction of sp³-hybridized carbons (Fsp3) is 0.357. The van der Waals surface area contributed by atoms with E-state index in [4.69, 9.17) is 14.8 Å². The molecule has 5 nitrogen and oxygen atoms in total. The number of ether oxygens (including phenoxy) is 1. The summed E-state index contributed by atoms with van der Waals surface area (Å²) in [5.74, 6) is 5.40. The highest BCUT2D eigenvalue weighted by Gasteiger charge is 2.20. The minimum absolute atomic E-state index is 0.00503. The Labute approximate surface area is 205 Å². The lowest BCUT2D eigenvalue weighted by Crippen LogP contribution is -2.29. The van der Waals surface area contributed by atoms with Crippen molar-refractivity contribution >= 4 is 17.3 Å². The summed E-state index contributed by atoms with van der Waals surface area (Å²) >= 11 is 1.86. The highest BCUT2D eigenvalue weighted by atomic mass is 32.1. The predicted octanol–water partition coefficient (Wildman–Crippen LogP) is 5.42. The zero-order chi connectivity index (χ0) is 23.9. The van der Waals surface area contributed by atoms with E-state index >= 15 is 0 Å². The van der Waals surface area contributed by atoms with Gasteiger partial charge in [0, 0.05) is 30.9 Å². The Kier molecular flexibility index (Phi) is 7.99. The van der Waals surface area contributed by atoms with Gasteiger partial charge in [-0.3, -0.25) is 9.69 Å². The lowest BCUT2D eigenvalue weighted by atomic mass is 9.96. The third-order valence-corrected chi connectivity index (χ3v) is 7.17. The molecule has 6 heteroatoms. The molecule has 3 aromatic rings. The molecule has 0 bridgehead atoms. The Morgan fingerprint density at radius 3 is 2.76 bits per heavy atom. The van der Waals surface area contributed by atoms with Gasteiger partial charge in [-0.2, -0.15) is 0 Å². The Morgan fingerprint density at radius 1 is 1.24 bits per heavy atom. The molecular weight excluding hydrogens is 444 g/mol. The summed E-state index contributed by atoms with van der Waals surface area (Å²) < 4.78 is 6.00. The van der Waals surface area contributed by atoms with Gasteiger partial charge in [0.2, 0.25) is 0 Å². The van der Waals surface area contributed by atoms with Crippen molar-refractivity contribution in [1.82, 2.24) is 9.88 Å². The summed E-state index contributed by atoms with van der Waals surface area (Å²) in [4.78, 5) is 19.8. The molecule has 0 radical (unpaired) electrons. The van der Waals surface area contributed by atoms with E-state index in [1.807, 2.05) is 35.6 Å². The Balaban J connectivity index is 1.34. The van der Waals surface area contributed by atoms with E-state index in [2.05, 4.69) is 47.9 Å². The molecule has 1 aliphatic rings. The fourth-order valence-electron chi connectivity index (χ4n) is 4.23. The lowest BCUT2D eigenvalue weighted by Gasteiger charge is -2.26. The van der Waals surface area contributed by atoms with Crippen molar-refractivity contribution in [3.05, 3.63) is 80.8 Å². The number of thiazole rings is 1. The van der Waals surface area contributed by atoms with Crippen molar-refractivity contribution in [2.24, 2.45) is 0 Å². The zero-order valence-electron chi connectivity index (χ0n) is 19.7. The molecule has 1 aromatic heterocycles. The average Bonchev–Trinajstić information content (AvgIpc) is 3.25. The van der Waals surface area contributed by atoms with Crippen molar-refractivity contribution < 1.29 is 14.6 Å². The molecule has 2 heterocycles. The molecular formula is C28H30N2O3S. The molecule has 0 saturated heterocycles. The van der Waals surface area contributed by atoms with Gasteiger partial charge in [-0.05, 0) is 42.2 Å². The highest BCUT2D eigenvalue weighted by Crippen LogP contribution is 2.27. The zero-order valence-corrected chi connectivity index (χ0v) is 20.5. The van der Waals surface area contributed by atoms with Crippen molar-refractivity contribution in [2.75, 3.05) is 6.54 Å². The fourth-order valence-corrected chi connectivity index (χ4v) is 5.33. The average molecular weight is 475 g/mol. The summed E-state index contributed by atoms with van der Waals surface area (Å²) in [6.45, 7) is 7.32. The van der Waals surface area contributed by atoms with Gasteiger partial charge in [-0.1, -0.05) is 49.2 Å². The van der Waals surface area contributed by atoms with Gasteiger partial charge in [0.15, 0.2) is 0 Å². The standard InChI is InChI=1S/C28H30N2O3S/c1-3-6-23(16-28(31)32)22-9-11-24(12-10-22)33-19-21-8-5-7-20(15-21)17-30-14-13-25-26(18-30)34-27(4-2)29-25/h5,7-12,15,23H,4,13-14,16-19H2,1-2H3,(H,31,32)/t23-/m1/s1. The minimum Gasteiger partial charge on any atom is -0.489 e. The number of aliphatic carboxylic acids is 1. The molecule has 2 aromatic carbocycles. The van der Waals surface area contributed by atoms with Gasteiger partial charge in [-0.25, -0.2) is 4.98 Å². The van der Waals surface area contributed by atoms with Crippen LogP contribution in [-0.4, -0.2) is 27.5 Å². The number of hydrogen-bond acceptors (Lipinski definition) is 5. The number of carbonyl (C=O) groups is 1. The molecule has 1 N–H and O–H groups in total. The van der Waals surface area contributed by atoms with Crippen LogP contribution < -0.4 is 4.74 Å². The van der Waals surface area contributed by atoms with Crippen LogP contribution >= 0.6 is 11.3 Å². The van der Waals surface area contributed by atoms with Gasteiger partial charge in [-0.15, -0.1) is 17.3 Å². The first-order valence-electron chi connectivity index (χ1n) is 11.7. The van der Waals surface area contributed by atoms with Crippen LogP contribution in [0.3, 0.4) is 0 Å². The van der Waals surface area contributed by atoms with Crippen LogP contribution in [0.15, 0.2) is 48.5 Å². The number of hydrogen-bond donors (Lipinski definition) is 1. The van der Waals surface area contributed by atoms with Crippen LogP contribution in [0.1, 0.15) is 58.5 Å². The number of benzene rings is 2. The first kappa shape index (κ1) is 24.0. The topological polar surface area (TPSA) is 62.7 Å². The van der Waals surface area contributed by atoms with Crippen molar-refractivity contribution in [3.8, 4) is 17.6 Å². The molecule has 176 valence electrons. The second-order valence-corrected chi connectivity index (χ2v) is 9.68. The van der Waals surface area contributed by atoms with Crippen LogP contribution in [0.5, 0.6) is 5.75 Å². The normalized spacial score (nSPS) is 14.1. The highest BCUT2D eigenvalue weighted by molar-refractivity contribution is 7.11. The molecule has 0 aliphatic carbocycles. The number of fused-ring (bicyclic) bond motifs is 1. The second-order valence-electron chi connectivity index (χ2n) is 8.51. The van der Waals surface area contributed by atoms with Gasteiger partial charge in [0.25, 0.3) is 0 Å². The van der Waals surface area contributed by atoms with E-state index in [0.717, 1.165) is 49.4 Å². The summed E-state index contributed by atoms with van der Waals surface area (Å²) in [7, 11) is 0. The second kappa shape index (κ2) is 11.3. The number of rotatable bonds is 9. The van der Waals surface area contributed by atoms with Crippen molar-refractivity contribution in [1.29, 1.82) is 0 Å². The van der Waals surface area contributed by atoms with Crippen LogP contribution in [0.4, 0.5) is 0 Å². The van der Waals surface area contributed by atoms with Crippen LogP contribution in [0, 0.1) is 11.8 Å². The predicted molar refractivity (Wildman–Crippen MR) is 135 cm³/mol. The summed E-state index contributed by atoms with van der Waals surface area (Å²) in [6, 6.07) is 16.1. The van der Waals surface area contributed by atoms with E-state index in [0.29, 0.717) is 6.61 Å². The van der Waals surface area contributed by atoms with E-state index in [1.54, 1.807) is 6.92 Å². The number of nitrogens with zero attached hydrogens (tertiary/aromatic N) is 2. The molecule has 1 aliphatic heterocycles. The van der Waals surface area contributed by atoms with E-state index in [1.165, 1.54) is 21.1 Å². The Bertz CT molecular complexity index is 1190. The number of aryl methyl sites for hydroxylation is 1. The van der Waals surface area contributed by atoms with Gasteiger partial charge < -0.3 is 9.84 Å². The molecule has 4 rings (SSSR count). The largest absolute Gasteiger partial charge is 0.489 e. The van der Waals surface area contributed by atoms with E-state index in [-0.39, 0.29) is 12.3 Å². The summed E-state index contributed by atoms with van der Waals surface area (Å²) in [5.41, 5.74) is 4.60. The number of aromatic nitrogens is 1. The molecule has 0 amide bonds.